The molecule has 1 atom stereocenters. The van der Waals surface area contributed by atoms with Gasteiger partial charge in [0.15, 0.2) is 0 Å². The Morgan fingerprint density at radius 3 is 2.84 bits per heavy atom. The van der Waals surface area contributed by atoms with Crippen molar-refractivity contribution in [3.05, 3.63) is 69.8 Å². The Kier molecular flexibility index (Phi) is 3.36. The molecule has 25 heavy (non-hydrogen) atoms. The molecule has 0 saturated heterocycles. The highest BCUT2D eigenvalue weighted by atomic mass is 16.6. The number of nitro groups is 1. The number of hydrogen-bond donors (Lipinski definition) is 0. The first-order valence-corrected chi connectivity index (χ1v) is 7.95. The third kappa shape index (κ3) is 2.37. The van der Waals surface area contributed by atoms with Gasteiger partial charge in [-0.15, -0.1) is 0 Å². The molecule has 6 nitrogen and oxygen atoms in total. The lowest BCUT2D eigenvalue weighted by atomic mass is 10.1. The first-order chi connectivity index (χ1) is 12.1. The maximum absolute atomic E-state index is 11.0. The number of para-hydroxylation sites is 1. The minimum Gasteiger partial charge on any atom is -0.323 e. The summed E-state index contributed by atoms with van der Waals surface area (Å²) in [7, 11) is 0. The van der Waals surface area contributed by atoms with E-state index in [4.69, 9.17) is 0 Å². The van der Waals surface area contributed by atoms with E-state index in [-0.39, 0.29) is 11.7 Å². The van der Waals surface area contributed by atoms with Crippen LogP contribution in [0.5, 0.6) is 0 Å². The fourth-order valence-corrected chi connectivity index (χ4v) is 3.44. The number of fused-ring (bicyclic) bond motifs is 2. The van der Waals surface area contributed by atoms with Crippen molar-refractivity contribution in [1.82, 2.24) is 4.98 Å². The Morgan fingerprint density at radius 2 is 2.08 bits per heavy atom. The summed E-state index contributed by atoms with van der Waals surface area (Å²) < 4.78 is 0. The van der Waals surface area contributed by atoms with Crippen molar-refractivity contribution in [2.24, 2.45) is 0 Å². The molecule has 0 N–H and O–H groups in total. The Bertz CT molecular complexity index is 1050. The molecule has 0 fully saturated rings. The Balaban J connectivity index is 1.91. The number of nitriles is 1. The van der Waals surface area contributed by atoms with E-state index >= 15 is 0 Å². The number of anilines is 2. The maximum Gasteiger partial charge on any atom is 0.270 e. The zero-order valence-corrected chi connectivity index (χ0v) is 13.5. The number of benzene rings is 2. The van der Waals surface area contributed by atoms with Gasteiger partial charge in [-0.25, -0.2) is 4.98 Å². The molecule has 1 unspecified atom stereocenters. The second-order valence-electron chi connectivity index (χ2n) is 6.15. The van der Waals surface area contributed by atoms with E-state index in [9.17, 15) is 15.4 Å². The van der Waals surface area contributed by atoms with Gasteiger partial charge in [-0.3, -0.25) is 10.1 Å². The van der Waals surface area contributed by atoms with Crippen LogP contribution in [-0.4, -0.2) is 15.9 Å². The molecule has 1 aliphatic rings. The van der Waals surface area contributed by atoms with Crippen molar-refractivity contribution in [1.29, 1.82) is 5.26 Å². The number of nitrogens with zero attached hydrogens (tertiary/aromatic N) is 4. The third-order valence-electron chi connectivity index (χ3n) is 4.56. The predicted octanol–water partition coefficient (Wildman–Crippen LogP) is 4.10. The summed E-state index contributed by atoms with van der Waals surface area (Å²) in [5.74, 6) is 0.690. The lowest BCUT2D eigenvalue weighted by Crippen LogP contribution is -2.24. The monoisotopic (exact) mass is 330 g/mol. The molecule has 1 aromatic heterocycles. The fourth-order valence-electron chi connectivity index (χ4n) is 3.44. The normalized spacial score (nSPS) is 15.8. The molecule has 122 valence electrons. The van der Waals surface area contributed by atoms with E-state index in [0.717, 1.165) is 12.1 Å². The van der Waals surface area contributed by atoms with Crippen molar-refractivity contribution >= 4 is 28.1 Å². The van der Waals surface area contributed by atoms with Gasteiger partial charge in [-0.1, -0.05) is 18.2 Å². The topological polar surface area (TPSA) is 83.1 Å². The number of aromatic nitrogens is 1. The van der Waals surface area contributed by atoms with E-state index in [1.165, 1.54) is 17.7 Å². The number of hydrogen-bond acceptors (Lipinski definition) is 5. The van der Waals surface area contributed by atoms with Gasteiger partial charge < -0.3 is 4.90 Å². The molecule has 2 heterocycles. The summed E-state index contributed by atoms with van der Waals surface area (Å²) in [5, 5.41) is 21.0. The minimum atomic E-state index is -0.465. The average Bonchev–Trinajstić information content (AvgIpc) is 2.95. The van der Waals surface area contributed by atoms with E-state index in [1.54, 1.807) is 12.1 Å². The van der Waals surface area contributed by atoms with Crippen LogP contribution in [0.1, 0.15) is 18.1 Å². The first-order valence-electron chi connectivity index (χ1n) is 7.95. The highest BCUT2D eigenvalue weighted by molar-refractivity contribution is 5.89. The zero-order chi connectivity index (χ0) is 17.6. The Morgan fingerprint density at radius 1 is 1.28 bits per heavy atom. The standard InChI is InChI=1S/C19H14N4O2/c1-12-8-13-4-2-3-5-18(13)22(12)19-9-14(11-20)16-10-15(23(24)25)6-7-17(16)21-19/h2-7,9-10,12H,8H2,1H3. The van der Waals surface area contributed by atoms with Crippen molar-refractivity contribution in [3.8, 4) is 6.07 Å². The van der Waals surface area contributed by atoms with Crippen LogP contribution in [0.25, 0.3) is 10.9 Å². The predicted molar refractivity (Wildman–Crippen MR) is 94.9 cm³/mol. The molecule has 0 saturated carbocycles. The van der Waals surface area contributed by atoms with Crippen LogP contribution in [-0.2, 0) is 6.42 Å². The Labute approximate surface area is 144 Å². The van der Waals surface area contributed by atoms with Gasteiger partial charge in [0.2, 0.25) is 0 Å². The number of non-ortho nitro benzene ring substituents is 1. The number of pyridine rings is 1. The van der Waals surface area contributed by atoms with Gasteiger partial charge in [-0.2, -0.15) is 5.26 Å². The van der Waals surface area contributed by atoms with Crippen LogP contribution >= 0.6 is 0 Å². The van der Waals surface area contributed by atoms with Gasteiger partial charge in [0.05, 0.1) is 22.1 Å². The maximum atomic E-state index is 11.0. The van der Waals surface area contributed by atoms with E-state index in [2.05, 4.69) is 28.9 Å². The van der Waals surface area contributed by atoms with E-state index in [0.29, 0.717) is 22.3 Å². The lowest BCUT2D eigenvalue weighted by molar-refractivity contribution is -0.384. The largest absolute Gasteiger partial charge is 0.323 e. The van der Waals surface area contributed by atoms with Crippen molar-refractivity contribution in [2.45, 2.75) is 19.4 Å². The summed E-state index contributed by atoms with van der Waals surface area (Å²) in [5.41, 5.74) is 3.27. The molecule has 0 amide bonds. The van der Waals surface area contributed by atoms with Gasteiger partial charge in [0, 0.05) is 29.2 Å². The highest BCUT2D eigenvalue weighted by Crippen LogP contribution is 2.38. The summed E-state index contributed by atoms with van der Waals surface area (Å²) in [6.45, 7) is 2.12. The summed E-state index contributed by atoms with van der Waals surface area (Å²) in [6, 6.07) is 16.7. The van der Waals surface area contributed by atoms with Crippen molar-refractivity contribution in [2.75, 3.05) is 4.90 Å². The Hall–Kier alpha value is -3.46. The third-order valence-corrected chi connectivity index (χ3v) is 4.56. The minimum absolute atomic E-state index is 0.0431. The highest BCUT2D eigenvalue weighted by Gasteiger charge is 2.28. The summed E-state index contributed by atoms with van der Waals surface area (Å²) in [4.78, 5) is 17.3. The fraction of sp³-hybridized carbons (Fsp3) is 0.158. The molecule has 1 aliphatic heterocycles. The second kappa shape index (κ2) is 5.56. The summed E-state index contributed by atoms with van der Waals surface area (Å²) in [6.07, 6.45) is 0.915. The van der Waals surface area contributed by atoms with Crippen LogP contribution in [0, 0.1) is 21.4 Å². The van der Waals surface area contributed by atoms with Crippen LogP contribution in [0.4, 0.5) is 17.2 Å². The van der Waals surface area contributed by atoms with Crippen molar-refractivity contribution < 1.29 is 4.92 Å². The second-order valence-corrected chi connectivity index (χ2v) is 6.15. The lowest BCUT2D eigenvalue weighted by Gasteiger charge is -2.24. The SMILES string of the molecule is CC1Cc2ccccc2N1c1cc(C#N)c2cc([N+](=O)[O-])ccc2n1. The molecular formula is C19H14N4O2. The van der Waals surface area contributed by atoms with Gasteiger partial charge in [-0.05, 0) is 37.1 Å². The van der Waals surface area contributed by atoms with E-state index < -0.39 is 4.92 Å². The quantitative estimate of drug-likeness (QED) is 0.522. The molecule has 6 heteroatoms. The van der Waals surface area contributed by atoms with E-state index in [1.807, 2.05) is 18.2 Å². The molecular weight excluding hydrogens is 316 g/mol. The van der Waals surface area contributed by atoms with Gasteiger partial charge in [0.1, 0.15) is 5.82 Å². The molecule has 0 bridgehead atoms. The average molecular weight is 330 g/mol. The zero-order valence-electron chi connectivity index (χ0n) is 13.5. The summed E-state index contributed by atoms with van der Waals surface area (Å²) >= 11 is 0. The molecule has 3 aromatic rings. The molecule has 0 spiro atoms. The number of rotatable bonds is 2. The van der Waals surface area contributed by atoms with Crippen molar-refractivity contribution in [3.63, 3.8) is 0 Å². The molecule has 2 aromatic carbocycles. The van der Waals surface area contributed by atoms with Crippen LogP contribution in [0.15, 0.2) is 48.5 Å². The van der Waals surface area contributed by atoms with Gasteiger partial charge >= 0.3 is 0 Å². The molecule has 0 radical (unpaired) electrons. The number of nitro benzene ring substituents is 1. The van der Waals surface area contributed by atoms with Crippen LogP contribution in [0.2, 0.25) is 0 Å². The molecule has 4 rings (SSSR count). The molecule has 0 aliphatic carbocycles. The van der Waals surface area contributed by atoms with Crippen LogP contribution in [0.3, 0.4) is 0 Å². The van der Waals surface area contributed by atoms with Gasteiger partial charge in [0.25, 0.3) is 5.69 Å². The first kappa shape index (κ1) is 15.1. The van der Waals surface area contributed by atoms with Crippen LogP contribution < -0.4 is 4.90 Å². The smallest absolute Gasteiger partial charge is 0.270 e.